The molecule has 3 aromatic rings. The van der Waals surface area contributed by atoms with E-state index < -0.39 is 18.1 Å². The van der Waals surface area contributed by atoms with Gasteiger partial charge in [-0.15, -0.1) is 5.10 Å². The molecule has 0 fully saturated rings. The van der Waals surface area contributed by atoms with Crippen molar-refractivity contribution in [2.24, 2.45) is 5.16 Å². The Morgan fingerprint density at radius 3 is 2.74 bits per heavy atom. The fourth-order valence-electron chi connectivity index (χ4n) is 2.16. The number of carbonyl (C=O) groups excluding carboxylic acids is 1. The fourth-order valence-corrected chi connectivity index (χ4v) is 2.16. The van der Waals surface area contributed by atoms with Gasteiger partial charge in [0.05, 0.1) is 18.7 Å². The van der Waals surface area contributed by atoms with E-state index in [9.17, 15) is 9.59 Å². The normalized spacial score (nSPS) is 10.9. The number of methoxy groups -OCH3 is 1. The van der Waals surface area contributed by atoms with Gasteiger partial charge in [-0.1, -0.05) is 22.5 Å². The first-order chi connectivity index (χ1) is 13.2. The highest BCUT2D eigenvalue weighted by atomic mass is 16.7. The van der Waals surface area contributed by atoms with Crippen molar-refractivity contribution in [1.82, 2.24) is 15.0 Å². The fraction of sp³-hybridized carbons (Fsp3) is 0.167. The maximum absolute atomic E-state index is 12.2. The number of hydrogen-bond acceptors (Lipinski definition) is 8. The molecule has 0 saturated heterocycles. The van der Waals surface area contributed by atoms with Crippen molar-refractivity contribution >= 4 is 23.1 Å². The molecular formula is C18H16N4O5. The van der Waals surface area contributed by atoms with Gasteiger partial charge in [0.25, 0.3) is 5.56 Å². The number of carbonyl (C=O) groups is 1. The number of benzene rings is 2. The lowest BCUT2D eigenvalue weighted by molar-refractivity contribution is -0.153. The Labute approximate surface area is 153 Å². The number of nitrogens with zero attached hydrogens (tertiary/aromatic N) is 4. The lowest BCUT2D eigenvalue weighted by Crippen LogP contribution is -2.27. The molecule has 0 N–H and O–H groups in total. The second-order valence-corrected chi connectivity index (χ2v) is 5.34. The summed E-state index contributed by atoms with van der Waals surface area (Å²) in [5, 5.41) is 11.7. The molecule has 0 radical (unpaired) electrons. The maximum Gasteiger partial charge on any atom is 0.348 e. The number of aromatic nitrogens is 3. The molecule has 27 heavy (non-hydrogen) atoms. The van der Waals surface area contributed by atoms with Crippen LogP contribution in [0.2, 0.25) is 0 Å². The molecule has 2 aromatic carbocycles. The van der Waals surface area contributed by atoms with Crippen LogP contribution < -0.4 is 10.3 Å². The van der Waals surface area contributed by atoms with Crippen molar-refractivity contribution in [3.63, 3.8) is 0 Å². The molecular weight excluding hydrogens is 352 g/mol. The summed E-state index contributed by atoms with van der Waals surface area (Å²) in [5.41, 5.74) is 0.857. The van der Waals surface area contributed by atoms with E-state index in [-0.39, 0.29) is 6.73 Å². The van der Waals surface area contributed by atoms with E-state index in [1.54, 1.807) is 55.6 Å². The van der Waals surface area contributed by atoms with Gasteiger partial charge in [-0.05, 0) is 42.0 Å². The molecule has 0 aliphatic carbocycles. The molecule has 0 unspecified atom stereocenters. The molecule has 9 heteroatoms. The Morgan fingerprint density at radius 1 is 1.19 bits per heavy atom. The minimum Gasteiger partial charge on any atom is -0.497 e. The third-order valence-corrected chi connectivity index (χ3v) is 3.55. The van der Waals surface area contributed by atoms with Crippen molar-refractivity contribution in [2.75, 3.05) is 13.7 Å². The van der Waals surface area contributed by atoms with Crippen molar-refractivity contribution in [1.29, 1.82) is 0 Å². The summed E-state index contributed by atoms with van der Waals surface area (Å²) in [4.78, 5) is 28.8. The van der Waals surface area contributed by atoms with Gasteiger partial charge in [0, 0.05) is 0 Å². The molecule has 9 nitrogen and oxygen atoms in total. The van der Waals surface area contributed by atoms with Gasteiger partial charge >= 0.3 is 5.97 Å². The smallest absolute Gasteiger partial charge is 0.348 e. The van der Waals surface area contributed by atoms with Gasteiger partial charge in [-0.25, -0.2) is 4.79 Å². The average molecular weight is 368 g/mol. The van der Waals surface area contributed by atoms with Crippen LogP contribution in [0.1, 0.15) is 5.56 Å². The van der Waals surface area contributed by atoms with Crippen LogP contribution >= 0.6 is 0 Å². The number of esters is 1. The summed E-state index contributed by atoms with van der Waals surface area (Å²) in [6.45, 7) is -0.760. The van der Waals surface area contributed by atoms with Crippen molar-refractivity contribution in [3.05, 3.63) is 64.4 Å². The molecule has 3 rings (SSSR count). The summed E-state index contributed by atoms with van der Waals surface area (Å²) >= 11 is 0. The molecule has 138 valence electrons. The Balaban J connectivity index is 1.49. The minimum absolute atomic E-state index is 0.360. The Hall–Kier alpha value is -3.75. The first-order valence-corrected chi connectivity index (χ1v) is 7.95. The summed E-state index contributed by atoms with van der Waals surface area (Å²) in [7, 11) is 1.58. The first-order valence-electron chi connectivity index (χ1n) is 7.95. The molecule has 0 bridgehead atoms. The van der Waals surface area contributed by atoms with E-state index in [2.05, 4.69) is 15.5 Å². The molecule has 0 amide bonds. The van der Waals surface area contributed by atoms with Gasteiger partial charge in [0.2, 0.25) is 6.61 Å². The van der Waals surface area contributed by atoms with E-state index in [1.165, 1.54) is 6.21 Å². The lowest BCUT2D eigenvalue weighted by Gasteiger charge is -2.06. The highest BCUT2D eigenvalue weighted by Gasteiger charge is 2.08. The minimum atomic E-state index is -0.691. The number of fused-ring (bicyclic) bond motifs is 1. The Morgan fingerprint density at radius 2 is 1.96 bits per heavy atom. The highest BCUT2D eigenvalue weighted by Crippen LogP contribution is 2.09. The van der Waals surface area contributed by atoms with E-state index in [0.29, 0.717) is 10.9 Å². The molecule has 0 aliphatic heterocycles. The summed E-state index contributed by atoms with van der Waals surface area (Å²) < 4.78 is 11.0. The molecule has 0 aliphatic rings. The second-order valence-electron chi connectivity index (χ2n) is 5.34. The number of ether oxygens (including phenoxy) is 2. The van der Waals surface area contributed by atoms with E-state index >= 15 is 0 Å². The van der Waals surface area contributed by atoms with Crippen LogP contribution in [0.4, 0.5) is 0 Å². The van der Waals surface area contributed by atoms with Gasteiger partial charge in [-0.2, -0.15) is 4.68 Å². The molecule has 0 spiro atoms. The SMILES string of the molecule is COc1ccc(/C=N\OCC(=O)OCn2nnc3ccccc3c2=O)cc1. The second kappa shape index (κ2) is 8.56. The van der Waals surface area contributed by atoms with E-state index in [4.69, 9.17) is 14.3 Å². The van der Waals surface area contributed by atoms with Crippen LogP contribution in [-0.2, 0) is 21.1 Å². The van der Waals surface area contributed by atoms with Gasteiger partial charge in [0.15, 0.2) is 6.73 Å². The van der Waals surface area contributed by atoms with Gasteiger partial charge < -0.3 is 14.3 Å². The molecule has 1 aromatic heterocycles. The topological polar surface area (TPSA) is 105 Å². The quantitative estimate of drug-likeness (QED) is 0.352. The van der Waals surface area contributed by atoms with Crippen LogP contribution in [0, 0.1) is 0 Å². The van der Waals surface area contributed by atoms with Crippen molar-refractivity contribution < 1.29 is 19.1 Å². The number of oxime groups is 1. The Bertz CT molecular complexity index is 1010. The number of hydrogen-bond donors (Lipinski definition) is 0. The van der Waals surface area contributed by atoms with E-state index in [0.717, 1.165) is 16.0 Å². The highest BCUT2D eigenvalue weighted by molar-refractivity contribution is 5.79. The number of rotatable bonds is 7. The zero-order chi connectivity index (χ0) is 19.1. The van der Waals surface area contributed by atoms with Crippen LogP contribution in [0.5, 0.6) is 5.75 Å². The molecule has 0 saturated carbocycles. The average Bonchev–Trinajstić information content (AvgIpc) is 2.71. The predicted molar refractivity (Wildman–Crippen MR) is 96.4 cm³/mol. The van der Waals surface area contributed by atoms with Crippen molar-refractivity contribution in [3.8, 4) is 5.75 Å². The van der Waals surface area contributed by atoms with Crippen LogP contribution in [0.15, 0.2) is 58.5 Å². The molecule has 0 atom stereocenters. The van der Waals surface area contributed by atoms with Crippen LogP contribution in [0.3, 0.4) is 0 Å². The van der Waals surface area contributed by atoms with E-state index in [1.807, 2.05) is 0 Å². The van der Waals surface area contributed by atoms with Gasteiger partial charge in [0.1, 0.15) is 11.3 Å². The lowest BCUT2D eigenvalue weighted by atomic mass is 10.2. The first kappa shape index (κ1) is 18.1. The largest absolute Gasteiger partial charge is 0.497 e. The summed E-state index contributed by atoms with van der Waals surface area (Å²) in [5.74, 6) is 0.0346. The zero-order valence-electron chi connectivity index (χ0n) is 14.4. The zero-order valence-corrected chi connectivity index (χ0v) is 14.4. The monoisotopic (exact) mass is 368 g/mol. The summed E-state index contributed by atoms with van der Waals surface area (Å²) in [6.07, 6.45) is 1.45. The van der Waals surface area contributed by atoms with Crippen molar-refractivity contribution in [2.45, 2.75) is 6.73 Å². The predicted octanol–water partition coefficient (Wildman–Crippen LogP) is 1.35. The Kier molecular flexibility index (Phi) is 5.73. The third-order valence-electron chi connectivity index (χ3n) is 3.55. The van der Waals surface area contributed by atoms with Gasteiger partial charge in [-0.3, -0.25) is 4.79 Å². The maximum atomic E-state index is 12.2. The molecule has 1 heterocycles. The van der Waals surface area contributed by atoms with Crippen LogP contribution in [-0.4, -0.2) is 40.9 Å². The third kappa shape index (κ3) is 4.66. The van der Waals surface area contributed by atoms with Crippen LogP contribution in [0.25, 0.3) is 10.9 Å². The standard InChI is InChI=1S/C18H16N4O5/c1-25-14-8-6-13(7-9-14)10-19-27-11-17(23)26-12-22-18(24)15-4-2-3-5-16(15)20-21-22/h2-10H,11-12H2,1H3/b19-10-. The summed E-state index contributed by atoms with van der Waals surface area (Å²) in [6, 6.07) is 13.9.